The molecule has 0 aliphatic heterocycles. The third-order valence-electron chi connectivity index (χ3n) is 4.66. The fourth-order valence-corrected chi connectivity index (χ4v) is 3.07. The molecular weight excluding hydrogens is 264 g/mol. The summed E-state index contributed by atoms with van der Waals surface area (Å²) in [5.74, 6) is 0. The third kappa shape index (κ3) is 10.0. The molecule has 0 atom stereocenters. The summed E-state index contributed by atoms with van der Waals surface area (Å²) in [7, 11) is 0. The van der Waals surface area contributed by atoms with Gasteiger partial charge in [-0.15, -0.1) is 0 Å². The van der Waals surface area contributed by atoms with Crippen molar-refractivity contribution in [2.45, 2.75) is 104 Å². The molecular formula is C22H38. The van der Waals surface area contributed by atoms with E-state index in [9.17, 15) is 0 Å². The van der Waals surface area contributed by atoms with E-state index in [1.165, 1.54) is 101 Å². The lowest BCUT2D eigenvalue weighted by atomic mass is 10.0. The summed E-state index contributed by atoms with van der Waals surface area (Å²) in [5, 5.41) is 0. The average molecular weight is 303 g/mol. The van der Waals surface area contributed by atoms with Crippen LogP contribution in [0, 0.1) is 0 Å². The Kier molecular flexibility index (Phi) is 12.1. The molecule has 0 N–H and O–H groups in total. The van der Waals surface area contributed by atoms with E-state index >= 15 is 0 Å². The lowest BCUT2D eigenvalue weighted by Crippen LogP contribution is -1.89. The zero-order chi connectivity index (χ0) is 15.9. The van der Waals surface area contributed by atoms with Gasteiger partial charge in [-0.05, 0) is 36.8 Å². The molecule has 22 heavy (non-hydrogen) atoms. The first-order valence-corrected chi connectivity index (χ1v) is 9.94. The molecule has 0 saturated heterocycles. The minimum atomic E-state index is 1.25. The van der Waals surface area contributed by atoms with Crippen molar-refractivity contribution in [1.29, 1.82) is 0 Å². The van der Waals surface area contributed by atoms with Gasteiger partial charge in [0.25, 0.3) is 0 Å². The van der Waals surface area contributed by atoms with Gasteiger partial charge < -0.3 is 0 Å². The summed E-state index contributed by atoms with van der Waals surface area (Å²) in [6, 6.07) is 9.36. The van der Waals surface area contributed by atoms with Crippen molar-refractivity contribution in [2.75, 3.05) is 0 Å². The number of benzene rings is 1. The lowest BCUT2D eigenvalue weighted by Gasteiger charge is -2.05. The van der Waals surface area contributed by atoms with E-state index < -0.39 is 0 Å². The van der Waals surface area contributed by atoms with Gasteiger partial charge in [-0.3, -0.25) is 0 Å². The average Bonchev–Trinajstić information content (AvgIpc) is 2.56. The van der Waals surface area contributed by atoms with Crippen LogP contribution in [0.4, 0.5) is 0 Å². The minimum Gasteiger partial charge on any atom is -0.0654 e. The minimum absolute atomic E-state index is 1.25. The summed E-state index contributed by atoms with van der Waals surface area (Å²) >= 11 is 0. The van der Waals surface area contributed by atoms with E-state index in [2.05, 4.69) is 38.1 Å². The Morgan fingerprint density at radius 3 is 1.27 bits per heavy atom. The molecule has 0 bridgehead atoms. The van der Waals surface area contributed by atoms with Crippen LogP contribution in [-0.4, -0.2) is 0 Å². The van der Waals surface area contributed by atoms with E-state index in [0.717, 1.165) is 0 Å². The van der Waals surface area contributed by atoms with Gasteiger partial charge in [0.05, 0.1) is 0 Å². The molecule has 0 heteroatoms. The van der Waals surface area contributed by atoms with E-state index in [0.29, 0.717) is 0 Å². The predicted molar refractivity (Wildman–Crippen MR) is 101 cm³/mol. The van der Waals surface area contributed by atoms with Gasteiger partial charge in [-0.2, -0.15) is 0 Å². The summed E-state index contributed by atoms with van der Waals surface area (Å²) in [6.07, 6.45) is 19.4. The summed E-state index contributed by atoms with van der Waals surface area (Å²) in [5.41, 5.74) is 3.04. The molecule has 0 aliphatic rings. The van der Waals surface area contributed by atoms with Crippen molar-refractivity contribution in [3.05, 3.63) is 35.4 Å². The molecule has 126 valence electrons. The first kappa shape index (κ1) is 19.3. The van der Waals surface area contributed by atoms with Gasteiger partial charge in [-0.1, -0.05) is 102 Å². The first-order valence-electron chi connectivity index (χ1n) is 9.94. The third-order valence-corrected chi connectivity index (χ3v) is 4.66. The molecule has 0 radical (unpaired) electrons. The smallest absolute Gasteiger partial charge is 0.0279 e. The molecule has 0 unspecified atom stereocenters. The normalized spacial score (nSPS) is 11.0. The Balaban J connectivity index is 1.96. The van der Waals surface area contributed by atoms with Crippen LogP contribution >= 0.6 is 0 Å². The highest BCUT2D eigenvalue weighted by atomic mass is 14.0. The highest BCUT2D eigenvalue weighted by Crippen LogP contribution is 2.13. The van der Waals surface area contributed by atoms with Gasteiger partial charge in [0, 0.05) is 0 Å². The van der Waals surface area contributed by atoms with Crippen LogP contribution in [0.1, 0.15) is 102 Å². The second-order valence-electron chi connectivity index (χ2n) is 6.85. The number of unbranched alkanes of at least 4 members (excludes halogenated alkanes) is 10. The number of hydrogen-bond acceptors (Lipinski definition) is 0. The zero-order valence-electron chi connectivity index (χ0n) is 15.2. The second kappa shape index (κ2) is 13.9. The number of hydrogen-bond donors (Lipinski definition) is 0. The molecule has 0 spiro atoms. The van der Waals surface area contributed by atoms with Crippen molar-refractivity contribution in [2.24, 2.45) is 0 Å². The van der Waals surface area contributed by atoms with E-state index in [-0.39, 0.29) is 0 Å². The molecule has 0 aromatic heterocycles. The molecule has 1 aromatic rings. The van der Waals surface area contributed by atoms with Crippen LogP contribution in [-0.2, 0) is 12.8 Å². The molecule has 0 saturated carbocycles. The number of aryl methyl sites for hydroxylation is 2. The van der Waals surface area contributed by atoms with Gasteiger partial charge in [0.2, 0.25) is 0 Å². The Morgan fingerprint density at radius 1 is 0.455 bits per heavy atom. The maximum Gasteiger partial charge on any atom is -0.0279 e. The SMILES string of the molecule is CCCCCCCCCCCCc1ccc(CCCC)cc1. The van der Waals surface area contributed by atoms with Crippen molar-refractivity contribution in [1.82, 2.24) is 0 Å². The van der Waals surface area contributed by atoms with Crippen LogP contribution in [0.3, 0.4) is 0 Å². The van der Waals surface area contributed by atoms with Crippen LogP contribution in [0.25, 0.3) is 0 Å². The van der Waals surface area contributed by atoms with E-state index in [1.54, 1.807) is 0 Å². The maximum atomic E-state index is 2.35. The Hall–Kier alpha value is -0.780. The van der Waals surface area contributed by atoms with Crippen LogP contribution in [0.15, 0.2) is 24.3 Å². The maximum absolute atomic E-state index is 2.35. The van der Waals surface area contributed by atoms with Gasteiger partial charge >= 0.3 is 0 Å². The Labute approximate surface area is 139 Å². The highest BCUT2D eigenvalue weighted by Gasteiger charge is 1.97. The standard InChI is InChI=1S/C22H38/c1-3-5-7-8-9-10-11-12-13-14-16-22-19-17-21(18-20-22)15-6-4-2/h17-20H,3-16H2,1-2H3. The summed E-state index contributed by atoms with van der Waals surface area (Å²) < 4.78 is 0. The zero-order valence-corrected chi connectivity index (χ0v) is 15.2. The molecule has 0 fully saturated rings. The summed E-state index contributed by atoms with van der Waals surface area (Å²) in [6.45, 7) is 4.55. The van der Waals surface area contributed by atoms with Crippen molar-refractivity contribution >= 4 is 0 Å². The van der Waals surface area contributed by atoms with Crippen molar-refractivity contribution in [3.8, 4) is 0 Å². The van der Waals surface area contributed by atoms with Gasteiger partial charge in [0.15, 0.2) is 0 Å². The van der Waals surface area contributed by atoms with Crippen molar-refractivity contribution < 1.29 is 0 Å². The molecule has 0 amide bonds. The van der Waals surface area contributed by atoms with Gasteiger partial charge in [-0.25, -0.2) is 0 Å². The predicted octanol–water partition coefficient (Wildman–Crippen LogP) is 7.49. The van der Waals surface area contributed by atoms with Crippen LogP contribution < -0.4 is 0 Å². The van der Waals surface area contributed by atoms with Crippen LogP contribution in [0.2, 0.25) is 0 Å². The molecule has 0 aliphatic carbocycles. The first-order chi connectivity index (χ1) is 10.9. The molecule has 0 nitrogen and oxygen atoms in total. The fourth-order valence-electron chi connectivity index (χ4n) is 3.07. The lowest BCUT2D eigenvalue weighted by molar-refractivity contribution is 0.556. The topological polar surface area (TPSA) is 0 Å². The fraction of sp³-hybridized carbons (Fsp3) is 0.727. The van der Waals surface area contributed by atoms with E-state index in [1.807, 2.05) is 0 Å². The quantitative estimate of drug-likeness (QED) is 0.312. The van der Waals surface area contributed by atoms with E-state index in [4.69, 9.17) is 0 Å². The Bertz CT molecular complexity index is 336. The number of rotatable bonds is 14. The monoisotopic (exact) mass is 302 g/mol. The Morgan fingerprint density at radius 2 is 0.818 bits per heavy atom. The second-order valence-corrected chi connectivity index (χ2v) is 6.85. The molecule has 1 rings (SSSR count). The van der Waals surface area contributed by atoms with Gasteiger partial charge in [0.1, 0.15) is 0 Å². The largest absolute Gasteiger partial charge is 0.0654 e. The van der Waals surface area contributed by atoms with Crippen LogP contribution in [0.5, 0.6) is 0 Å². The highest BCUT2D eigenvalue weighted by molar-refractivity contribution is 5.22. The summed E-state index contributed by atoms with van der Waals surface area (Å²) in [4.78, 5) is 0. The molecule has 0 heterocycles. The van der Waals surface area contributed by atoms with Crippen molar-refractivity contribution in [3.63, 3.8) is 0 Å². The molecule has 1 aromatic carbocycles.